The van der Waals surface area contributed by atoms with Crippen LogP contribution in [0.1, 0.15) is 43.1 Å². The van der Waals surface area contributed by atoms with E-state index in [9.17, 15) is 0 Å². The summed E-state index contributed by atoms with van der Waals surface area (Å²) in [6, 6.07) is 14.3. The van der Waals surface area contributed by atoms with Gasteiger partial charge in [-0.2, -0.15) is 9.61 Å². The van der Waals surface area contributed by atoms with Gasteiger partial charge in [-0.05, 0) is 55.7 Å². The smallest absolute Gasteiger partial charge is 0.178 e. The van der Waals surface area contributed by atoms with Gasteiger partial charge in [0.05, 0.1) is 5.69 Å². The monoisotopic (exact) mass is 345 g/mol. The van der Waals surface area contributed by atoms with Crippen LogP contribution in [0.3, 0.4) is 0 Å². The van der Waals surface area contributed by atoms with E-state index in [-0.39, 0.29) is 6.04 Å². The van der Waals surface area contributed by atoms with E-state index in [0.29, 0.717) is 5.92 Å². The van der Waals surface area contributed by atoms with Gasteiger partial charge in [0.1, 0.15) is 5.82 Å². The number of fused-ring (bicyclic) bond motifs is 1. The molecule has 1 aromatic carbocycles. The molecule has 130 valence electrons. The largest absolute Gasteiger partial charge is 0.362 e. The summed E-state index contributed by atoms with van der Waals surface area (Å²) in [6.45, 7) is 2.13. The summed E-state index contributed by atoms with van der Waals surface area (Å²) in [5, 5.41) is 20.9. The van der Waals surface area contributed by atoms with E-state index in [1.54, 1.807) is 6.20 Å². The highest BCUT2D eigenvalue weighted by molar-refractivity contribution is 5.46. The summed E-state index contributed by atoms with van der Waals surface area (Å²) < 4.78 is 3.72. The molecule has 5 rings (SSSR count). The molecule has 1 aliphatic carbocycles. The Bertz CT molecular complexity index is 1030. The summed E-state index contributed by atoms with van der Waals surface area (Å²) in [7, 11) is 0. The van der Waals surface area contributed by atoms with Gasteiger partial charge in [-0.3, -0.25) is 0 Å². The van der Waals surface area contributed by atoms with Crippen LogP contribution in [0.15, 0.2) is 54.9 Å². The predicted molar refractivity (Wildman–Crippen MR) is 98.4 cm³/mol. The fourth-order valence-electron chi connectivity index (χ4n) is 3.12. The van der Waals surface area contributed by atoms with Crippen molar-refractivity contribution in [2.24, 2.45) is 0 Å². The Morgan fingerprint density at radius 3 is 2.65 bits per heavy atom. The Hall–Kier alpha value is -3.22. The maximum atomic E-state index is 4.69. The highest BCUT2D eigenvalue weighted by atomic mass is 15.4. The maximum Gasteiger partial charge on any atom is 0.178 e. The third-order valence-electron chi connectivity index (χ3n) is 4.76. The SMILES string of the molecule is CC(Nc1ccc2nnc(C3CC3)n2n1)c1ccc(-n2cccn2)cc1. The van der Waals surface area contributed by atoms with E-state index in [1.165, 1.54) is 18.4 Å². The van der Waals surface area contributed by atoms with E-state index in [2.05, 4.69) is 56.9 Å². The molecule has 0 radical (unpaired) electrons. The quantitative estimate of drug-likeness (QED) is 0.600. The minimum absolute atomic E-state index is 0.132. The number of nitrogens with zero attached hydrogens (tertiary/aromatic N) is 6. The second kappa shape index (κ2) is 5.94. The molecule has 1 unspecified atom stereocenters. The fourth-order valence-corrected chi connectivity index (χ4v) is 3.12. The van der Waals surface area contributed by atoms with Gasteiger partial charge in [0.2, 0.25) is 0 Å². The number of benzene rings is 1. The van der Waals surface area contributed by atoms with Crippen LogP contribution in [0.2, 0.25) is 0 Å². The molecular formula is C19H19N7. The molecular weight excluding hydrogens is 326 g/mol. The summed E-state index contributed by atoms with van der Waals surface area (Å²) in [5.41, 5.74) is 3.03. The number of hydrogen-bond acceptors (Lipinski definition) is 5. The van der Waals surface area contributed by atoms with E-state index < -0.39 is 0 Å². The number of hydrogen-bond donors (Lipinski definition) is 1. The van der Waals surface area contributed by atoms with Crippen LogP contribution in [0.5, 0.6) is 0 Å². The standard InChI is InChI=1S/C19H19N7/c1-13(14-5-7-16(8-6-14)25-12-2-11-20-25)21-17-9-10-18-22-23-19(15-3-4-15)26(18)24-17/h2,5-13,15H,3-4H2,1H3,(H,21,24). The number of rotatable bonds is 5. The average Bonchev–Trinajstić information content (AvgIpc) is 3.20. The van der Waals surface area contributed by atoms with Gasteiger partial charge in [-0.15, -0.1) is 15.3 Å². The molecule has 1 atom stereocenters. The molecule has 0 saturated heterocycles. The number of nitrogens with one attached hydrogen (secondary N) is 1. The van der Waals surface area contributed by atoms with Crippen LogP contribution >= 0.6 is 0 Å². The zero-order chi connectivity index (χ0) is 17.5. The normalized spacial score (nSPS) is 15.3. The van der Waals surface area contributed by atoms with Crippen molar-refractivity contribution in [3.05, 3.63) is 66.2 Å². The summed E-state index contributed by atoms with van der Waals surface area (Å²) in [5.74, 6) is 2.31. The molecule has 0 amide bonds. The Labute approximate surface area is 150 Å². The van der Waals surface area contributed by atoms with Crippen molar-refractivity contribution in [2.45, 2.75) is 31.7 Å². The predicted octanol–water partition coefficient (Wildman–Crippen LogP) is 3.36. The highest BCUT2D eigenvalue weighted by Crippen LogP contribution is 2.38. The van der Waals surface area contributed by atoms with Crippen molar-refractivity contribution >= 4 is 11.5 Å². The third kappa shape index (κ3) is 2.71. The van der Waals surface area contributed by atoms with Crippen LogP contribution in [0.4, 0.5) is 5.82 Å². The van der Waals surface area contributed by atoms with E-state index in [0.717, 1.165) is 23.0 Å². The molecule has 4 aromatic rings. The van der Waals surface area contributed by atoms with E-state index >= 15 is 0 Å². The van der Waals surface area contributed by atoms with E-state index in [4.69, 9.17) is 0 Å². The third-order valence-corrected chi connectivity index (χ3v) is 4.76. The van der Waals surface area contributed by atoms with Crippen molar-refractivity contribution in [1.82, 2.24) is 29.6 Å². The summed E-state index contributed by atoms with van der Waals surface area (Å²) >= 11 is 0. The maximum absolute atomic E-state index is 4.69. The first kappa shape index (κ1) is 15.1. The Morgan fingerprint density at radius 2 is 1.92 bits per heavy atom. The topological polar surface area (TPSA) is 72.9 Å². The van der Waals surface area contributed by atoms with Crippen LogP contribution in [-0.2, 0) is 0 Å². The first-order valence-corrected chi connectivity index (χ1v) is 8.87. The fraction of sp³-hybridized carbons (Fsp3) is 0.263. The second-order valence-electron chi connectivity index (χ2n) is 6.73. The minimum Gasteiger partial charge on any atom is -0.362 e. The van der Waals surface area contributed by atoms with Crippen molar-refractivity contribution in [3.63, 3.8) is 0 Å². The first-order valence-electron chi connectivity index (χ1n) is 8.87. The van der Waals surface area contributed by atoms with Crippen LogP contribution < -0.4 is 5.32 Å². The Balaban J connectivity index is 1.37. The number of anilines is 1. The molecule has 0 aliphatic heterocycles. The van der Waals surface area contributed by atoms with Crippen molar-refractivity contribution in [2.75, 3.05) is 5.32 Å². The number of aromatic nitrogens is 6. The lowest BCUT2D eigenvalue weighted by Gasteiger charge is -2.15. The summed E-state index contributed by atoms with van der Waals surface area (Å²) in [6.07, 6.45) is 6.07. The molecule has 3 aromatic heterocycles. The lowest BCUT2D eigenvalue weighted by molar-refractivity contribution is 0.797. The molecule has 26 heavy (non-hydrogen) atoms. The molecule has 1 aliphatic rings. The summed E-state index contributed by atoms with van der Waals surface area (Å²) in [4.78, 5) is 0. The lowest BCUT2D eigenvalue weighted by atomic mass is 10.1. The van der Waals surface area contributed by atoms with E-state index in [1.807, 2.05) is 33.6 Å². The zero-order valence-electron chi connectivity index (χ0n) is 14.4. The van der Waals surface area contributed by atoms with Gasteiger partial charge in [0, 0.05) is 24.4 Å². The van der Waals surface area contributed by atoms with Crippen LogP contribution in [-0.4, -0.2) is 29.6 Å². The molecule has 1 fully saturated rings. The van der Waals surface area contributed by atoms with Crippen LogP contribution in [0.25, 0.3) is 11.3 Å². The zero-order valence-corrected chi connectivity index (χ0v) is 14.4. The molecule has 7 nitrogen and oxygen atoms in total. The second-order valence-corrected chi connectivity index (χ2v) is 6.73. The van der Waals surface area contributed by atoms with Crippen molar-refractivity contribution in [3.8, 4) is 5.69 Å². The molecule has 0 bridgehead atoms. The van der Waals surface area contributed by atoms with Gasteiger partial charge >= 0.3 is 0 Å². The van der Waals surface area contributed by atoms with Crippen LogP contribution in [0, 0.1) is 0 Å². The Kier molecular flexibility index (Phi) is 3.44. The molecule has 1 saturated carbocycles. The molecule has 7 heteroatoms. The van der Waals surface area contributed by atoms with Gasteiger partial charge in [-0.1, -0.05) is 12.1 Å². The highest BCUT2D eigenvalue weighted by Gasteiger charge is 2.29. The molecule has 3 heterocycles. The average molecular weight is 345 g/mol. The Morgan fingerprint density at radius 1 is 1.08 bits per heavy atom. The van der Waals surface area contributed by atoms with Gasteiger partial charge in [0.15, 0.2) is 11.5 Å². The van der Waals surface area contributed by atoms with Crippen molar-refractivity contribution in [1.29, 1.82) is 0 Å². The van der Waals surface area contributed by atoms with Crippen molar-refractivity contribution < 1.29 is 0 Å². The molecule has 0 spiro atoms. The van der Waals surface area contributed by atoms with Gasteiger partial charge in [-0.25, -0.2) is 4.68 Å². The van der Waals surface area contributed by atoms with Gasteiger partial charge in [0.25, 0.3) is 0 Å². The van der Waals surface area contributed by atoms with Gasteiger partial charge < -0.3 is 5.32 Å². The lowest BCUT2D eigenvalue weighted by Crippen LogP contribution is -2.10. The minimum atomic E-state index is 0.132. The first-order chi connectivity index (χ1) is 12.8. The molecule has 1 N–H and O–H groups in total.